The topological polar surface area (TPSA) is 36.5 Å². The van der Waals surface area contributed by atoms with E-state index in [0.717, 1.165) is 17.9 Å². The molecule has 0 saturated heterocycles. The molecule has 0 amide bonds. The average molecular weight is 343 g/mol. The van der Waals surface area contributed by atoms with Crippen molar-refractivity contribution in [1.82, 2.24) is 15.5 Å². The van der Waals surface area contributed by atoms with E-state index in [1.54, 1.807) is 7.11 Å². The molecule has 1 atom stereocenters. The first kappa shape index (κ1) is 18.2. The Morgan fingerprint density at radius 3 is 2.29 bits per heavy atom. The van der Waals surface area contributed by atoms with Crippen molar-refractivity contribution >= 4 is 17.3 Å². The Hall–Kier alpha value is -2.11. The van der Waals surface area contributed by atoms with Gasteiger partial charge in [0.2, 0.25) is 0 Å². The van der Waals surface area contributed by atoms with Crippen LogP contribution in [-0.4, -0.2) is 37.8 Å². The summed E-state index contributed by atoms with van der Waals surface area (Å²) in [5.41, 5.74) is 2.43. The van der Waals surface area contributed by atoms with E-state index in [-0.39, 0.29) is 6.04 Å². The summed E-state index contributed by atoms with van der Waals surface area (Å²) in [6.45, 7) is 1.44. The molecule has 2 aromatic rings. The second kappa shape index (κ2) is 9.25. The maximum atomic E-state index is 5.39. The number of rotatable bonds is 7. The SMILES string of the molecule is COc1ccc(CNC(=S)NCC(c2ccccc2)N(C)C)cc1. The highest BCUT2D eigenvalue weighted by atomic mass is 32.1. The van der Waals surface area contributed by atoms with E-state index in [2.05, 4.69) is 53.9 Å². The molecule has 0 radical (unpaired) electrons. The summed E-state index contributed by atoms with van der Waals surface area (Å²) in [5, 5.41) is 7.21. The minimum absolute atomic E-state index is 0.270. The summed E-state index contributed by atoms with van der Waals surface area (Å²) in [6.07, 6.45) is 0. The number of nitrogens with one attached hydrogen (secondary N) is 2. The lowest BCUT2D eigenvalue weighted by Gasteiger charge is -2.25. The normalized spacial score (nSPS) is 11.8. The highest BCUT2D eigenvalue weighted by Crippen LogP contribution is 2.16. The van der Waals surface area contributed by atoms with Crippen LogP contribution < -0.4 is 15.4 Å². The Bertz CT molecular complexity index is 629. The molecule has 0 fully saturated rings. The third kappa shape index (κ3) is 5.51. The Kier molecular flexibility index (Phi) is 7.03. The molecule has 2 rings (SSSR count). The van der Waals surface area contributed by atoms with Gasteiger partial charge < -0.3 is 20.3 Å². The van der Waals surface area contributed by atoms with E-state index in [0.29, 0.717) is 11.7 Å². The number of likely N-dealkylation sites (N-methyl/N-ethyl adjacent to an activating group) is 1. The maximum Gasteiger partial charge on any atom is 0.166 e. The smallest absolute Gasteiger partial charge is 0.166 e. The van der Waals surface area contributed by atoms with Gasteiger partial charge in [0.15, 0.2) is 5.11 Å². The molecule has 4 nitrogen and oxygen atoms in total. The van der Waals surface area contributed by atoms with Crippen molar-refractivity contribution in [2.24, 2.45) is 0 Å². The monoisotopic (exact) mass is 343 g/mol. The quantitative estimate of drug-likeness (QED) is 0.756. The molecule has 0 saturated carbocycles. The summed E-state index contributed by atoms with van der Waals surface area (Å²) in [5.74, 6) is 0.858. The summed E-state index contributed by atoms with van der Waals surface area (Å²) in [7, 11) is 5.82. The van der Waals surface area contributed by atoms with E-state index in [1.807, 2.05) is 30.3 Å². The third-order valence-electron chi connectivity index (χ3n) is 3.88. The average Bonchev–Trinajstić information content (AvgIpc) is 2.61. The van der Waals surface area contributed by atoms with Crippen LogP contribution in [0.25, 0.3) is 0 Å². The van der Waals surface area contributed by atoms with Crippen LogP contribution in [0.2, 0.25) is 0 Å². The molecular weight excluding hydrogens is 318 g/mol. The van der Waals surface area contributed by atoms with Crippen LogP contribution in [0.4, 0.5) is 0 Å². The minimum atomic E-state index is 0.270. The van der Waals surface area contributed by atoms with E-state index in [9.17, 15) is 0 Å². The highest BCUT2D eigenvalue weighted by Gasteiger charge is 2.13. The van der Waals surface area contributed by atoms with Gasteiger partial charge in [-0.15, -0.1) is 0 Å². The molecule has 0 aliphatic carbocycles. The number of thiocarbonyl (C=S) groups is 1. The molecule has 2 aromatic carbocycles. The van der Waals surface area contributed by atoms with Crippen LogP contribution in [0.1, 0.15) is 17.2 Å². The second-order valence-electron chi connectivity index (χ2n) is 5.80. The van der Waals surface area contributed by atoms with Crippen LogP contribution in [0.3, 0.4) is 0 Å². The second-order valence-corrected chi connectivity index (χ2v) is 6.21. The van der Waals surface area contributed by atoms with Crippen LogP contribution >= 0.6 is 12.2 Å². The van der Waals surface area contributed by atoms with E-state index in [1.165, 1.54) is 5.56 Å². The van der Waals surface area contributed by atoms with Crippen molar-refractivity contribution in [3.05, 3.63) is 65.7 Å². The first-order valence-electron chi connectivity index (χ1n) is 7.96. The van der Waals surface area contributed by atoms with Gasteiger partial charge in [-0.1, -0.05) is 42.5 Å². The van der Waals surface area contributed by atoms with E-state index >= 15 is 0 Å². The zero-order valence-corrected chi connectivity index (χ0v) is 15.3. The van der Waals surface area contributed by atoms with Crippen LogP contribution in [-0.2, 0) is 6.54 Å². The van der Waals surface area contributed by atoms with Gasteiger partial charge in [0, 0.05) is 13.1 Å². The fourth-order valence-corrected chi connectivity index (χ4v) is 2.61. The zero-order valence-electron chi connectivity index (χ0n) is 14.5. The lowest BCUT2D eigenvalue weighted by molar-refractivity contribution is 0.298. The Balaban J connectivity index is 1.82. The Morgan fingerprint density at radius 1 is 1.04 bits per heavy atom. The largest absolute Gasteiger partial charge is 0.497 e. The van der Waals surface area contributed by atoms with Gasteiger partial charge in [-0.05, 0) is 49.6 Å². The molecule has 1 unspecified atom stereocenters. The molecule has 24 heavy (non-hydrogen) atoms. The Morgan fingerprint density at radius 2 is 1.71 bits per heavy atom. The number of nitrogens with zero attached hydrogens (tertiary/aromatic N) is 1. The molecular formula is C19H25N3OS. The fraction of sp³-hybridized carbons (Fsp3) is 0.316. The van der Waals surface area contributed by atoms with Crippen molar-refractivity contribution in [3.63, 3.8) is 0 Å². The van der Waals surface area contributed by atoms with Crippen molar-refractivity contribution in [3.8, 4) is 5.75 Å². The first-order valence-corrected chi connectivity index (χ1v) is 8.37. The number of hydrogen-bond acceptors (Lipinski definition) is 3. The van der Waals surface area contributed by atoms with Crippen molar-refractivity contribution in [2.45, 2.75) is 12.6 Å². The fourth-order valence-electron chi connectivity index (χ4n) is 2.45. The van der Waals surface area contributed by atoms with Crippen LogP contribution in [0, 0.1) is 0 Å². The molecule has 0 heterocycles. The van der Waals surface area contributed by atoms with Crippen molar-refractivity contribution in [2.75, 3.05) is 27.7 Å². The molecule has 0 aromatic heterocycles. The van der Waals surface area contributed by atoms with Crippen molar-refractivity contribution < 1.29 is 4.74 Å². The molecule has 0 spiro atoms. The van der Waals surface area contributed by atoms with E-state index < -0.39 is 0 Å². The molecule has 0 aliphatic heterocycles. The molecule has 0 aliphatic rings. The van der Waals surface area contributed by atoms with Gasteiger partial charge in [0.05, 0.1) is 13.2 Å². The summed E-state index contributed by atoms with van der Waals surface area (Å²) < 4.78 is 5.16. The highest BCUT2D eigenvalue weighted by molar-refractivity contribution is 7.80. The number of benzene rings is 2. The molecule has 128 valence electrons. The standard InChI is InChI=1S/C19H25N3OS/c1-22(2)18(16-7-5-4-6-8-16)14-21-19(24)20-13-15-9-11-17(23-3)12-10-15/h4-12,18H,13-14H2,1-3H3,(H2,20,21,24). The first-order chi connectivity index (χ1) is 11.6. The van der Waals surface area contributed by atoms with Crippen LogP contribution in [0.5, 0.6) is 5.75 Å². The minimum Gasteiger partial charge on any atom is -0.497 e. The van der Waals surface area contributed by atoms with Gasteiger partial charge in [-0.3, -0.25) is 0 Å². The number of hydrogen-bond donors (Lipinski definition) is 2. The lowest BCUT2D eigenvalue weighted by atomic mass is 10.1. The zero-order chi connectivity index (χ0) is 17.4. The van der Waals surface area contributed by atoms with Gasteiger partial charge in [0.1, 0.15) is 5.75 Å². The van der Waals surface area contributed by atoms with Gasteiger partial charge in [0.25, 0.3) is 0 Å². The predicted octanol–water partition coefficient (Wildman–Crippen LogP) is 2.96. The predicted molar refractivity (Wildman–Crippen MR) is 103 cm³/mol. The van der Waals surface area contributed by atoms with E-state index in [4.69, 9.17) is 17.0 Å². The molecule has 0 bridgehead atoms. The lowest BCUT2D eigenvalue weighted by Crippen LogP contribution is -2.40. The summed E-state index contributed by atoms with van der Waals surface area (Å²) in [4.78, 5) is 2.19. The van der Waals surface area contributed by atoms with Gasteiger partial charge in [-0.25, -0.2) is 0 Å². The Labute approximate surface area is 149 Å². The van der Waals surface area contributed by atoms with Crippen molar-refractivity contribution in [1.29, 1.82) is 0 Å². The summed E-state index contributed by atoms with van der Waals surface area (Å²) in [6, 6.07) is 18.7. The number of methoxy groups -OCH3 is 1. The maximum absolute atomic E-state index is 5.39. The summed E-state index contributed by atoms with van der Waals surface area (Å²) >= 11 is 5.39. The molecule has 5 heteroatoms. The third-order valence-corrected chi connectivity index (χ3v) is 4.16. The van der Waals surface area contributed by atoms with Gasteiger partial charge in [-0.2, -0.15) is 0 Å². The number of ether oxygens (including phenoxy) is 1. The molecule has 2 N–H and O–H groups in total. The van der Waals surface area contributed by atoms with Gasteiger partial charge >= 0.3 is 0 Å². The van der Waals surface area contributed by atoms with Crippen LogP contribution in [0.15, 0.2) is 54.6 Å².